The van der Waals surface area contributed by atoms with Gasteiger partial charge in [-0.05, 0) is 52.5 Å². The minimum atomic E-state index is -0.612. The molecule has 1 fully saturated rings. The maximum absolute atomic E-state index is 13.4. The lowest BCUT2D eigenvalue weighted by Gasteiger charge is -2.22. The zero-order chi connectivity index (χ0) is 25.8. The molecule has 3 heterocycles. The number of hydrogen-bond donors (Lipinski definition) is 0. The third kappa shape index (κ3) is 5.91. The van der Waals surface area contributed by atoms with Gasteiger partial charge in [0.15, 0.2) is 3.92 Å². The van der Waals surface area contributed by atoms with Gasteiger partial charge in [0.25, 0.3) is 0 Å². The van der Waals surface area contributed by atoms with Crippen LogP contribution in [0.2, 0.25) is 0 Å². The first kappa shape index (κ1) is 25.2. The summed E-state index contributed by atoms with van der Waals surface area (Å²) < 4.78 is 17.1. The Morgan fingerprint density at radius 3 is 2.65 bits per heavy atom. The maximum atomic E-state index is 13.4. The van der Waals surface area contributed by atoms with Gasteiger partial charge in [0.05, 0.1) is 22.3 Å². The molecular formula is C27H24BrN3O5S. The van der Waals surface area contributed by atoms with Crippen LogP contribution in [0.15, 0.2) is 75.4 Å². The maximum Gasteiger partial charge on any atom is 0.416 e. The van der Waals surface area contributed by atoms with Crippen molar-refractivity contribution in [3.05, 3.63) is 98.2 Å². The van der Waals surface area contributed by atoms with Crippen LogP contribution in [0.25, 0.3) is 0 Å². The van der Waals surface area contributed by atoms with Crippen LogP contribution in [0.1, 0.15) is 39.7 Å². The Bertz CT molecular complexity index is 1360. The Balaban J connectivity index is 1.30. The average molecular weight is 582 g/mol. The minimum absolute atomic E-state index is 0.0429. The number of nitrogens with zero attached hydrogens (tertiary/aromatic N) is 3. The molecule has 4 aromatic rings. The van der Waals surface area contributed by atoms with Gasteiger partial charge in [0.2, 0.25) is 5.91 Å². The second kappa shape index (κ2) is 11.3. The van der Waals surface area contributed by atoms with Crippen LogP contribution in [0.3, 0.4) is 0 Å². The van der Waals surface area contributed by atoms with Crippen LogP contribution < -0.4 is 4.74 Å². The molecule has 0 radical (unpaired) electrons. The van der Waals surface area contributed by atoms with E-state index < -0.39 is 12.0 Å². The Morgan fingerprint density at radius 2 is 1.97 bits per heavy atom. The van der Waals surface area contributed by atoms with Gasteiger partial charge in [0.1, 0.15) is 25.2 Å². The lowest BCUT2D eigenvalue weighted by atomic mass is 9.91. The Labute approximate surface area is 226 Å². The molecule has 1 saturated heterocycles. The quantitative estimate of drug-likeness (QED) is 0.243. The van der Waals surface area contributed by atoms with Crippen molar-refractivity contribution in [2.24, 2.45) is 0 Å². The number of imide groups is 1. The van der Waals surface area contributed by atoms with E-state index in [4.69, 9.17) is 14.0 Å². The van der Waals surface area contributed by atoms with E-state index in [1.54, 1.807) is 17.4 Å². The molecule has 2 aromatic heterocycles. The second-order valence-electron chi connectivity index (χ2n) is 8.70. The van der Waals surface area contributed by atoms with Crippen molar-refractivity contribution in [2.75, 3.05) is 6.61 Å². The lowest BCUT2D eigenvalue weighted by Crippen LogP contribution is -2.40. The van der Waals surface area contributed by atoms with E-state index in [0.717, 1.165) is 25.6 Å². The average Bonchev–Trinajstić information content (AvgIpc) is 3.63. The van der Waals surface area contributed by atoms with Gasteiger partial charge in [-0.15, -0.1) is 11.3 Å². The number of carbonyl (C=O) groups excluding carboxylic acids is 2. The molecule has 5 rings (SSSR count). The van der Waals surface area contributed by atoms with Crippen LogP contribution in [0, 0.1) is 6.92 Å². The van der Waals surface area contributed by atoms with Crippen molar-refractivity contribution < 1.29 is 23.6 Å². The first-order valence-electron chi connectivity index (χ1n) is 11.8. The van der Waals surface area contributed by atoms with E-state index in [-0.39, 0.29) is 25.0 Å². The molecule has 0 N–H and O–H groups in total. The summed E-state index contributed by atoms with van der Waals surface area (Å²) in [6.07, 6.45) is 1.44. The van der Waals surface area contributed by atoms with Gasteiger partial charge in [-0.25, -0.2) is 14.7 Å². The summed E-state index contributed by atoms with van der Waals surface area (Å²) in [4.78, 5) is 32.6. The SMILES string of the molecule is Cc1nc(Br)sc1COc1ccc([C@H](CC(=O)N2C(=O)OC[C@@H]2Cc2ccccc2)c2ccon2)cc1. The molecule has 0 spiro atoms. The smallest absolute Gasteiger partial charge is 0.416 e. The molecule has 1 aliphatic rings. The molecule has 0 bridgehead atoms. The fraction of sp³-hybridized carbons (Fsp3) is 0.259. The Kier molecular flexibility index (Phi) is 7.66. The molecule has 37 heavy (non-hydrogen) atoms. The molecule has 1 aliphatic heterocycles. The van der Waals surface area contributed by atoms with Gasteiger partial charge in [-0.2, -0.15) is 0 Å². The molecule has 190 valence electrons. The molecular weight excluding hydrogens is 558 g/mol. The third-order valence-electron chi connectivity index (χ3n) is 6.26. The molecule has 8 nitrogen and oxygen atoms in total. The number of ether oxygens (including phenoxy) is 2. The van der Waals surface area contributed by atoms with Gasteiger partial charge in [-0.1, -0.05) is 47.6 Å². The number of thiazole rings is 1. The van der Waals surface area contributed by atoms with Crippen LogP contribution in [-0.2, 0) is 22.6 Å². The van der Waals surface area contributed by atoms with Gasteiger partial charge in [-0.3, -0.25) is 4.79 Å². The van der Waals surface area contributed by atoms with Crippen molar-refractivity contribution in [2.45, 2.75) is 38.3 Å². The zero-order valence-corrected chi connectivity index (χ0v) is 22.4. The van der Waals surface area contributed by atoms with Gasteiger partial charge >= 0.3 is 6.09 Å². The van der Waals surface area contributed by atoms with E-state index in [2.05, 4.69) is 26.1 Å². The number of hydrogen-bond acceptors (Lipinski definition) is 8. The summed E-state index contributed by atoms with van der Waals surface area (Å²) in [5, 5.41) is 4.09. The Hall–Kier alpha value is -3.50. The highest BCUT2D eigenvalue weighted by atomic mass is 79.9. The highest BCUT2D eigenvalue weighted by molar-refractivity contribution is 9.11. The van der Waals surface area contributed by atoms with Crippen LogP contribution in [0.5, 0.6) is 5.75 Å². The number of halogens is 1. The van der Waals surface area contributed by atoms with Gasteiger partial charge < -0.3 is 14.0 Å². The molecule has 2 aromatic carbocycles. The standard InChI is InChI=1S/C27H24BrN3O5S/c1-17-24(37-26(28)29-17)16-34-21-9-7-19(8-10-21)22(23-11-12-36-30-23)14-25(32)31-20(15-35-27(31)33)13-18-5-3-2-4-6-18/h2-12,20,22H,13-16H2,1H3/t20-,22-/m0/s1. The first-order valence-corrected chi connectivity index (χ1v) is 13.4. The number of carbonyl (C=O) groups is 2. The fourth-order valence-corrected chi connectivity index (χ4v) is 5.89. The van der Waals surface area contributed by atoms with Gasteiger partial charge in [0, 0.05) is 18.4 Å². The van der Waals surface area contributed by atoms with Crippen LogP contribution >= 0.6 is 27.3 Å². The van der Waals surface area contributed by atoms with E-state index >= 15 is 0 Å². The number of aromatic nitrogens is 2. The van der Waals surface area contributed by atoms with Crippen LogP contribution in [-0.4, -0.2) is 39.7 Å². The number of amides is 2. The largest absolute Gasteiger partial charge is 0.488 e. The van der Waals surface area contributed by atoms with Crippen molar-refractivity contribution in [1.82, 2.24) is 15.0 Å². The molecule has 2 atom stereocenters. The van der Waals surface area contributed by atoms with Crippen molar-refractivity contribution >= 4 is 39.3 Å². The lowest BCUT2D eigenvalue weighted by molar-refractivity contribution is -0.129. The molecule has 0 unspecified atom stereocenters. The number of aryl methyl sites for hydroxylation is 1. The summed E-state index contributed by atoms with van der Waals surface area (Å²) in [6.45, 7) is 2.54. The van der Waals surface area contributed by atoms with E-state index in [9.17, 15) is 9.59 Å². The number of cyclic esters (lactones) is 1. The van der Waals surface area contributed by atoms with Crippen molar-refractivity contribution in [3.63, 3.8) is 0 Å². The topological polar surface area (TPSA) is 94.8 Å². The highest BCUT2D eigenvalue weighted by Gasteiger charge is 2.39. The number of benzene rings is 2. The monoisotopic (exact) mass is 581 g/mol. The minimum Gasteiger partial charge on any atom is -0.488 e. The van der Waals surface area contributed by atoms with Crippen molar-refractivity contribution in [3.8, 4) is 5.75 Å². The molecule has 0 saturated carbocycles. The van der Waals surface area contributed by atoms with E-state index in [0.29, 0.717) is 24.5 Å². The van der Waals surface area contributed by atoms with Crippen LogP contribution in [0.4, 0.5) is 4.79 Å². The second-order valence-corrected chi connectivity index (χ2v) is 11.1. The van der Waals surface area contributed by atoms with E-state index in [1.165, 1.54) is 11.2 Å². The molecule has 0 aliphatic carbocycles. The third-order valence-corrected chi connectivity index (χ3v) is 7.84. The van der Waals surface area contributed by atoms with Crippen molar-refractivity contribution in [1.29, 1.82) is 0 Å². The predicted octanol–water partition coefficient (Wildman–Crippen LogP) is 5.89. The zero-order valence-electron chi connectivity index (χ0n) is 20.0. The molecule has 2 amide bonds. The normalized spacial score (nSPS) is 16.0. The van der Waals surface area contributed by atoms with E-state index in [1.807, 2.05) is 61.5 Å². The summed E-state index contributed by atoms with van der Waals surface area (Å²) in [5.41, 5.74) is 3.44. The molecule has 10 heteroatoms. The Morgan fingerprint density at radius 1 is 1.19 bits per heavy atom. The summed E-state index contributed by atoms with van der Waals surface area (Å²) in [7, 11) is 0. The summed E-state index contributed by atoms with van der Waals surface area (Å²) >= 11 is 4.94. The highest BCUT2D eigenvalue weighted by Crippen LogP contribution is 2.31. The fourth-order valence-electron chi connectivity index (χ4n) is 4.34. The first-order chi connectivity index (χ1) is 18.0. The summed E-state index contributed by atoms with van der Waals surface area (Å²) in [5.74, 6) is -0.0160. The summed E-state index contributed by atoms with van der Waals surface area (Å²) in [6, 6.07) is 18.7. The number of rotatable bonds is 9. The predicted molar refractivity (Wildman–Crippen MR) is 140 cm³/mol.